The fourth-order valence-electron chi connectivity index (χ4n) is 3.96. The van der Waals surface area contributed by atoms with Gasteiger partial charge in [-0.3, -0.25) is 4.79 Å². The number of rotatable bonds is 7. The van der Waals surface area contributed by atoms with Crippen molar-refractivity contribution in [2.45, 2.75) is 26.2 Å². The summed E-state index contributed by atoms with van der Waals surface area (Å²) >= 11 is 0. The second kappa shape index (κ2) is 13.2. The highest BCUT2D eigenvalue weighted by atomic mass is 35.5. The molecule has 0 bridgehead atoms. The molecule has 160 valence electrons. The lowest BCUT2D eigenvalue weighted by molar-refractivity contribution is -0.132. The summed E-state index contributed by atoms with van der Waals surface area (Å²) in [6.07, 6.45) is 4.94. The molecule has 0 radical (unpaired) electrons. The van der Waals surface area contributed by atoms with Crippen LogP contribution in [0.25, 0.3) is 0 Å². The molecule has 0 unspecified atom stereocenters. The van der Waals surface area contributed by atoms with E-state index in [0.29, 0.717) is 12.3 Å². The van der Waals surface area contributed by atoms with Crippen molar-refractivity contribution < 1.29 is 4.79 Å². The van der Waals surface area contributed by atoms with Gasteiger partial charge in [0.15, 0.2) is 0 Å². The number of anilines is 1. The van der Waals surface area contributed by atoms with E-state index in [0.717, 1.165) is 70.6 Å². The molecule has 1 N–H and O–H groups in total. The molecule has 0 saturated carbocycles. The summed E-state index contributed by atoms with van der Waals surface area (Å²) in [5.41, 5.74) is 0. The summed E-state index contributed by atoms with van der Waals surface area (Å²) in [6.45, 7) is 11.0. The van der Waals surface area contributed by atoms with Crippen LogP contribution in [0.3, 0.4) is 0 Å². The Bertz CT molecular complexity index is 549. The Hall–Kier alpha value is -1.08. The molecule has 3 rings (SSSR count). The first-order valence-electron chi connectivity index (χ1n) is 10.1. The maximum Gasteiger partial charge on any atom is 0.223 e. The molecule has 1 amide bonds. The van der Waals surface area contributed by atoms with Crippen LogP contribution in [0.1, 0.15) is 26.2 Å². The minimum Gasteiger partial charge on any atom is -0.357 e. The van der Waals surface area contributed by atoms with Crippen LogP contribution in [0, 0.1) is 5.92 Å². The number of piperazine rings is 1. The van der Waals surface area contributed by atoms with Gasteiger partial charge in [0.1, 0.15) is 5.82 Å². The third-order valence-electron chi connectivity index (χ3n) is 5.66. The van der Waals surface area contributed by atoms with E-state index in [-0.39, 0.29) is 24.8 Å². The Balaban J connectivity index is 0.00000196. The number of hydrogen-bond acceptors (Lipinski definition) is 5. The second-order valence-corrected chi connectivity index (χ2v) is 7.39. The molecule has 0 aliphatic carbocycles. The standard InChI is InChI=1S/C20H33N5O.2ClH/c1-2-23(12-8-20(26)25-15-10-21-11-16-25)17-18-6-13-24(14-7-18)19-5-3-4-9-22-19;;/h3-5,9,18,21H,2,6-8,10-17H2,1H3;2*1H. The van der Waals surface area contributed by atoms with Crippen LogP contribution in [0.15, 0.2) is 24.4 Å². The van der Waals surface area contributed by atoms with Crippen LogP contribution in [-0.4, -0.2) is 79.6 Å². The maximum absolute atomic E-state index is 12.4. The van der Waals surface area contributed by atoms with E-state index >= 15 is 0 Å². The zero-order valence-corrected chi connectivity index (χ0v) is 18.5. The van der Waals surface area contributed by atoms with Crippen LogP contribution in [-0.2, 0) is 4.79 Å². The molecule has 6 nitrogen and oxygen atoms in total. The molecule has 2 aliphatic rings. The second-order valence-electron chi connectivity index (χ2n) is 7.39. The lowest BCUT2D eigenvalue weighted by Crippen LogP contribution is -2.47. The van der Waals surface area contributed by atoms with Crippen molar-refractivity contribution in [2.24, 2.45) is 5.92 Å². The third kappa shape index (κ3) is 7.39. The maximum atomic E-state index is 12.4. The Kier molecular flexibility index (Phi) is 11.8. The number of aromatic nitrogens is 1. The van der Waals surface area contributed by atoms with Gasteiger partial charge in [0.05, 0.1) is 0 Å². The zero-order chi connectivity index (χ0) is 18.2. The molecule has 2 aliphatic heterocycles. The third-order valence-corrected chi connectivity index (χ3v) is 5.66. The number of piperidine rings is 1. The molecule has 28 heavy (non-hydrogen) atoms. The molecule has 0 atom stereocenters. The predicted octanol–water partition coefficient (Wildman–Crippen LogP) is 2.29. The van der Waals surface area contributed by atoms with E-state index in [1.807, 2.05) is 17.2 Å². The number of amides is 1. The molecular formula is C20H35Cl2N5O. The minimum absolute atomic E-state index is 0. The van der Waals surface area contributed by atoms with Gasteiger partial charge in [-0.25, -0.2) is 4.98 Å². The molecule has 1 aromatic heterocycles. The predicted molar refractivity (Wildman–Crippen MR) is 120 cm³/mol. The molecule has 2 fully saturated rings. The van der Waals surface area contributed by atoms with Gasteiger partial charge < -0.3 is 20.0 Å². The topological polar surface area (TPSA) is 51.7 Å². The van der Waals surface area contributed by atoms with Crippen molar-refractivity contribution in [3.05, 3.63) is 24.4 Å². The van der Waals surface area contributed by atoms with Crippen LogP contribution in [0.5, 0.6) is 0 Å². The van der Waals surface area contributed by atoms with Crippen molar-refractivity contribution in [3.8, 4) is 0 Å². The summed E-state index contributed by atoms with van der Waals surface area (Å²) < 4.78 is 0. The van der Waals surface area contributed by atoms with E-state index in [2.05, 4.69) is 39.2 Å². The van der Waals surface area contributed by atoms with Crippen LogP contribution in [0.2, 0.25) is 0 Å². The lowest BCUT2D eigenvalue weighted by atomic mass is 9.96. The van der Waals surface area contributed by atoms with Gasteiger partial charge in [-0.05, 0) is 37.4 Å². The first-order valence-corrected chi connectivity index (χ1v) is 10.1. The quantitative estimate of drug-likeness (QED) is 0.717. The average molecular weight is 432 g/mol. The summed E-state index contributed by atoms with van der Waals surface area (Å²) in [6, 6.07) is 6.13. The number of carbonyl (C=O) groups excluding carboxylic acids is 1. The number of nitrogens with one attached hydrogen (secondary N) is 1. The number of pyridine rings is 1. The molecule has 0 aromatic carbocycles. The van der Waals surface area contributed by atoms with Gasteiger partial charge >= 0.3 is 0 Å². The zero-order valence-electron chi connectivity index (χ0n) is 16.9. The van der Waals surface area contributed by atoms with Gasteiger partial charge in [-0.2, -0.15) is 0 Å². The summed E-state index contributed by atoms with van der Waals surface area (Å²) in [4.78, 5) is 23.7. The van der Waals surface area contributed by atoms with Gasteiger partial charge in [-0.15, -0.1) is 24.8 Å². The van der Waals surface area contributed by atoms with E-state index in [1.54, 1.807) is 0 Å². The van der Waals surface area contributed by atoms with E-state index in [4.69, 9.17) is 0 Å². The molecule has 0 spiro atoms. The lowest BCUT2D eigenvalue weighted by Gasteiger charge is -2.35. The monoisotopic (exact) mass is 431 g/mol. The summed E-state index contributed by atoms with van der Waals surface area (Å²) in [5.74, 6) is 2.14. The van der Waals surface area contributed by atoms with Gasteiger partial charge in [0.2, 0.25) is 5.91 Å². The van der Waals surface area contributed by atoms with Crippen molar-refractivity contribution in [1.82, 2.24) is 20.1 Å². The minimum atomic E-state index is 0. The number of hydrogen-bond donors (Lipinski definition) is 1. The molecular weight excluding hydrogens is 397 g/mol. The fraction of sp³-hybridized carbons (Fsp3) is 0.700. The number of carbonyl (C=O) groups is 1. The van der Waals surface area contributed by atoms with Gasteiger partial charge in [0.25, 0.3) is 0 Å². The van der Waals surface area contributed by atoms with Crippen molar-refractivity contribution in [3.63, 3.8) is 0 Å². The molecule has 3 heterocycles. The fourth-order valence-corrected chi connectivity index (χ4v) is 3.96. The van der Waals surface area contributed by atoms with E-state index < -0.39 is 0 Å². The van der Waals surface area contributed by atoms with Crippen LogP contribution in [0.4, 0.5) is 5.82 Å². The largest absolute Gasteiger partial charge is 0.357 e. The van der Waals surface area contributed by atoms with E-state index in [9.17, 15) is 4.79 Å². The first-order chi connectivity index (χ1) is 12.8. The Labute approximate surface area is 181 Å². The highest BCUT2D eigenvalue weighted by molar-refractivity contribution is 5.85. The van der Waals surface area contributed by atoms with Crippen molar-refractivity contribution in [2.75, 3.05) is 63.8 Å². The Morgan fingerprint density at radius 2 is 1.89 bits per heavy atom. The normalized spacial score (nSPS) is 17.8. The SMILES string of the molecule is CCN(CCC(=O)N1CCNCC1)CC1CCN(c2ccccn2)CC1.Cl.Cl. The van der Waals surface area contributed by atoms with Crippen molar-refractivity contribution >= 4 is 36.5 Å². The number of nitrogens with zero attached hydrogens (tertiary/aromatic N) is 4. The molecule has 2 saturated heterocycles. The molecule has 1 aromatic rings. The van der Waals surface area contributed by atoms with Crippen LogP contribution < -0.4 is 10.2 Å². The summed E-state index contributed by atoms with van der Waals surface area (Å²) in [5, 5.41) is 3.30. The Morgan fingerprint density at radius 1 is 1.18 bits per heavy atom. The number of halogens is 2. The smallest absolute Gasteiger partial charge is 0.223 e. The highest BCUT2D eigenvalue weighted by Gasteiger charge is 2.22. The highest BCUT2D eigenvalue weighted by Crippen LogP contribution is 2.22. The average Bonchev–Trinajstić information content (AvgIpc) is 2.72. The van der Waals surface area contributed by atoms with Crippen LogP contribution >= 0.6 is 24.8 Å². The molecule has 8 heteroatoms. The Morgan fingerprint density at radius 3 is 2.50 bits per heavy atom. The first kappa shape index (κ1) is 25.0. The summed E-state index contributed by atoms with van der Waals surface area (Å²) in [7, 11) is 0. The van der Waals surface area contributed by atoms with Gasteiger partial charge in [0, 0.05) is 65.0 Å². The van der Waals surface area contributed by atoms with Gasteiger partial charge in [-0.1, -0.05) is 13.0 Å². The van der Waals surface area contributed by atoms with Crippen molar-refractivity contribution in [1.29, 1.82) is 0 Å². The van der Waals surface area contributed by atoms with E-state index in [1.165, 1.54) is 12.8 Å².